The molecule has 0 atom stereocenters. The third-order valence-corrected chi connectivity index (χ3v) is 3.34. The summed E-state index contributed by atoms with van der Waals surface area (Å²) in [4.78, 5) is 11.7. The summed E-state index contributed by atoms with van der Waals surface area (Å²) >= 11 is 0. The van der Waals surface area contributed by atoms with Crippen molar-refractivity contribution in [3.05, 3.63) is 27.7 Å². The summed E-state index contributed by atoms with van der Waals surface area (Å²) in [5, 5.41) is 4.34. The Kier molecular flexibility index (Phi) is 2.89. The van der Waals surface area contributed by atoms with Gasteiger partial charge >= 0.3 is 0 Å². The largest absolute Gasteiger partial charge is 0.268 e. The van der Waals surface area contributed by atoms with Gasteiger partial charge in [0.15, 0.2) is 0 Å². The zero-order valence-corrected chi connectivity index (χ0v) is 9.49. The molecular weight excluding hydrogens is 188 g/mol. The van der Waals surface area contributed by atoms with E-state index in [0.717, 1.165) is 17.8 Å². The van der Waals surface area contributed by atoms with E-state index >= 15 is 0 Å². The van der Waals surface area contributed by atoms with Crippen LogP contribution in [0.5, 0.6) is 0 Å². The van der Waals surface area contributed by atoms with E-state index in [2.05, 4.69) is 5.10 Å². The summed E-state index contributed by atoms with van der Waals surface area (Å²) in [6.45, 7) is 4.70. The first-order valence-electron chi connectivity index (χ1n) is 5.72. The highest BCUT2D eigenvalue weighted by Crippen LogP contribution is 2.25. The quantitative estimate of drug-likeness (QED) is 0.742. The van der Waals surface area contributed by atoms with Crippen LogP contribution >= 0.6 is 0 Å². The fraction of sp³-hybridized carbons (Fsp3) is 0.667. The lowest BCUT2D eigenvalue weighted by Gasteiger charge is -2.11. The van der Waals surface area contributed by atoms with Crippen LogP contribution in [0.1, 0.15) is 36.9 Å². The van der Waals surface area contributed by atoms with Crippen LogP contribution in [0, 0.1) is 19.8 Å². The van der Waals surface area contributed by atoms with Gasteiger partial charge in [-0.25, -0.2) is 4.68 Å². The first-order chi connectivity index (χ1) is 7.16. The zero-order valence-electron chi connectivity index (χ0n) is 9.49. The Morgan fingerprint density at radius 2 is 2.07 bits per heavy atom. The third kappa shape index (κ3) is 2.28. The Balaban J connectivity index is 2.20. The lowest BCUT2D eigenvalue weighted by atomic mass is 10.1. The summed E-state index contributed by atoms with van der Waals surface area (Å²) in [6, 6.07) is 1.69. The van der Waals surface area contributed by atoms with Crippen LogP contribution in [0.25, 0.3) is 0 Å². The van der Waals surface area contributed by atoms with Crippen molar-refractivity contribution in [1.29, 1.82) is 0 Å². The van der Waals surface area contributed by atoms with E-state index in [1.165, 1.54) is 25.7 Å². The van der Waals surface area contributed by atoms with Crippen molar-refractivity contribution in [2.45, 2.75) is 46.1 Å². The summed E-state index contributed by atoms with van der Waals surface area (Å²) < 4.78 is 1.64. The van der Waals surface area contributed by atoms with Crippen LogP contribution in [0.3, 0.4) is 0 Å². The Labute approximate surface area is 90.1 Å². The van der Waals surface area contributed by atoms with E-state index in [1.54, 1.807) is 10.7 Å². The molecule has 0 saturated heterocycles. The van der Waals surface area contributed by atoms with Gasteiger partial charge < -0.3 is 0 Å². The van der Waals surface area contributed by atoms with Gasteiger partial charge in [0.05, 0.1) is 5.69 Å². The number of hydrogen-bond acceptors (Lipinski definition) is 2. The van der Waals surface area contributed by atoms with Gasteiger partial charge in [0.2, 0.25) is 0 Å². The van der Waals surface area contributed by atoms with E-state index in [9.17, 15) is 4.79 Å². The van der Waals surface area contributed by atoms with Crippen molar-refractivity contribution >= 4 is 0 Å². The van der Waals surface area contributed by atoms with Crippen molar-refractivity contribution in [3.8, 4) is 0 Å². The molecule has 1 aliphatic carbocycles. The summed E-state index contributed by atoms with van der Waals surface area (Å²) in [5.41, 5.74) is 2.00. The molecule has 0 aliphatic heterocycles. The van der Waals surface area contributed by atoms with Gasteiger partial charge in [-0.3, -0.25) is 4.79 Å². The van der Waals surface area contributed by atoms with Crippen LogP contribution < -0.4 is 5.56 Å². The first-order valence-corrected chi connectivity index (χ1v) is 5.72. The monoisotopic (exact) mass is 206 g/mol. The summed E-state index contributed by atoms with van der Waals surface area (Å²) in [5.74, 6) is 0.664. The topological polar surface area (TPSA) is 34.9 Å². The summed E-state index contributed by atoms with van der Waals surface area (Å²) in [7, 11) is 0. The van der Waals surface area contributed by atoms with Crippen molar-refractivity contribution < 1.29 is 0 Å². The second-order valence-corrected chi connectivity index (χ2v) is 4.58. The number of aromatic nitrogens is 2. The molecule has 15 heavy (non-hydrogen) atoms. The van der Waals surface area contributed by atoms with E-state index < -0.39 is 0 Å². The number of rotatable bonds is 2. The molecule has 0 radical (unpaired) electrons. The molecular formula is C12H18N2O. The fourth-order valence-electron chi connectivity index (χ4n) is 2.24. The van der Waals surface area contributed by atoms with E-state index in [0.29, 0.717) is 5.92 Å². The SMILES string of the molecule is Cc1cc(=O)n(CC2CCCC2)nc1C. The molecule has 3 nitrogen and oxygen atoms in total. The predicted octanol–water partition coefficient (Wildman–Crippen LogP) is 2.05. The minimum absolute atomic E-state index is 0.0463. The molecule has 1 fully saturated rings. The van der Waals surface area contributed by atoms with Gasteiger partial charge in [-0.1, -0.05) is 12.8 Å². The molecule has 0 spiro atoms. The Morgan fingerprint density at radius 3 is 2.73 bits per heavy atom. The van der Waals surface area contributed by atoms with Gasteiger partial charge in [-0.15, -0.1) is 0 Å². The molecule has 2 rings (SSSR count). The van der Waals surface area contributed by atoms with E-state index in [-0.39, 0.29) is 5.56 Å². The van der Waals surface area contributed by atoms with Crippen LogP contribution in [0.4, 0.5) is 0 Å². The van der Waals surface area contributed by atoms with Crippen molar-refractivity contribution in [1.82, 2.24) is 9.78 Å². The van der Waals surface area contributed by atoms with Crippen molar-refractivity contribution in [3.63, 3.8) is 0 Å². The first kappa shape index (κ1) is 10.4. The molecule has 1 aromatic heterocycles. The number of hydrogen-bond donors (Lipinski definition) is 0. The molecule has 0 bridgehead atoms. The lowest BCUT2D eigenvalue weighted by molar-refractivity contribution is 0.412. The van der Waals surface area contributed by atoms with Crippen LogP contribution in [0.15, 0.2) is 10.9 Å². The second-order valence-electron chi connectivity index (χ2n) is 4.58. The third-order valence-electron chi connectivity index (χ3n) is 3.34. The standard InChI is InChI=1S/C12H18N2O/c1-9-7-12(15)14(13-10(9)2)8-11-5-3-4-6-11/h7,11H,3-6,8H2,1-2H3. The minimum atomic E-state index is 0.0463. The van der Waals surface area contributed by atoms with Gasteiger partial charge in [-0.05, 0) is 38.2 Å². The minimum Gasteiger partial charge on any atom is -0.268 e. The Hall–Kier alpha value is -1.12. The molecule has 1 saturated carbocycles. The molecule has 0 unspecified atom stereocenters. The second kappa shape index (κ2) is 4.17. The molecule has 1 aromatic rings. The summed E-state index contributed by atoms with van der Waals surface area (Å²) in [6.07, 6.45) is 5.12. The molecule has 0 N–H and O–H groups in total. The van der Waals surface area contributed by atoms with E-state index in [4.69, 9.17) is 0 Å². The fourth-order valence-corrected chi connectivity index (χ4v) is 2.24. The van der Waals surface area contributed by atoms with Gasteiger partial charge in [0.1, 0.15) is 0 Å². The Bertz CT molecular complexity index is 403. The molecule has 0 amide bonds. The maximum Gasteiger partial charge on any atom is 0.267 e. The zero-order chi connectivity index (χ0) is 10.8. The normalized spacial score (nSPS) is 17.2. The highest BCUT2D eigenvalue weighted by molar-refractivity contribution is 5.13. The van der Waals surface area contributed by atoms with Crippen LogP contribution in [-0.4, -0.2) is 9.78 Å². The Morgan fingerprint density at radius 1 is 1.40 bits per heavy atom. The van der Waals surface area contributed by atoms with Crippen molar-refractivity contribution in [2.24, 2.45) is 5.92 Å². The lowest BCUT2D eigenvalue weighted by Crippen LogP contribution is -2.26. The molecule has 1 aliphatic rings. The predicted molar refractivity (Wildman–Crippen MR) is 59.9 cm³/mol. The highest BCUT2D eigenvalue weighted by atomic mass is 16.1. The molecule has 3 heteroatoms. The van der Waals surface area contributed by atoms with Crippen molar-refractivity contribution in [2.75, 3.05) is 0 Å². The number of nitrogens with zero attached hydrogens (tertiary/aromatic N) is 2. The molecule has 82 valence electrons. The maximum absolute atomic E-state index is 11.7. The van der Waals surface area contributed by atoms with Gasteiger partial charge in [0.25, 0.3) is 5.56 Å². The van der Waals surface area contributed by atoms with E-state index in [1.807, 2.05) is 13.8 Å². The van der Waals surface area contributed by atoms with Gasteiger partial charge in [0, 0.05) is 12.6 Å². The average molecular weight is 206 g/mol. The molecule has 0 aromatic carbocycles. The maximum atomic E-state index is 11.7. The van der Waals surface area contributed by atoms with Crippen LogP contribution in [-0.2, 0) is 6.54 Å². The average Bonchev–Trinajstić information content (AvgIpc) is 2.67. The number of aryl methyl sites for hydroxylation is 2. The van der Waals surface area contributed by atoms with Crippen LogP contribution in [0.2, 0.25) is 0 Å². The smallest absolute Gasteiger partial charge is 0.267 e. The molecule has 1 heterocycles. The van der Waals surface area contributed by atoms with Gasteiger partial charge in [-0.2, -0.15) is 5.10 Å². The highest BCUT2D eigenvalue weighted by Gasteiger charge is 2.16.